The molecule has 0 saturated heterocycles. The number of nitrogens with zero attached hydrogens (tertiary/aromatic N) is 1. The summed E-state index contributed by atoms with van der Waals surface area (Å²) in [6.45, 7) is 8.04. The number of hydrogen-bond acceptors (Lipinski definition) is 4. The zero-order valence-corrected chi connectivity index (χ0v) is 17.3. The standard InChI is InChI=1S/C21H21ClN2O2S/c1-12-7-14(3)20(15(4)8-12)18-11-27-21(23-18)24-19(25)10-26-16-5-6-17(22)13(2)9-16/h5-9,11H,10H2,1-4H3,(H,23,24,25). The molecule has 140 valence electrons. The van der Waals surface area contributed by atoms with E-state index in [9.17, 15) is 4.79 Å². The molecule has 3 aromatic rings. The highest BCUT2D eigenvalue weighted by molar-refractivity contribution is 7.14. The van der Waals surface area contributed by atoms with E-state index >= 15 is 0 Å². The number of amides is 1. The van der Waals surface area contributed by atoms with E-state index in [0.717, 1.165) is 16.8 Å². The van der Waals surface area contributed by atoms with Crippen molar-refractivity contribution in [3.63, 3.8) is 0 Å². The second kappa shape index (κ2) is 8.11. The van der Waals surface area contributed by atoms with Crippen LogP contribution in [0.5, 0.6) is 5.75 Å². The van der Waals surface area contributed by atoms with E-state index in [2.05, 4.69) is 43.2 Å². The van der Waals surface area contributed by atoms with Gasteiger partial charge in [-0.2, -0.15) is 0 Å². The summed E-state index contributed by atoms with van der Waals surface area (Å²) in [7, 11) is 0. The lowest BCUT2D eigenvalue weighted by atomic mass is 9.98. The monoisotopic (exact) mass is 400 g/mol. The molecule has 0 aliphatic carbocycles. The van der Waals surface area contributed by atoms with Crippen LogP contribution in [-0.2, 0) is 4.79 Å². The van der Waals surface area contributed by atoms with E-state index in [-0.39, 0.29) is 12.5 Å². The number of carbonyl (C=O) groups is 1. The number of nitrogens with one attached hydrogen (secondary N) is 1. The summed E-state index contributed by atoms with van der Waals surface area (Å²) in [5.41, 5.74) is 6.48. The molecule has 1 aromatic heterocycles. The molecule has 6 heteroatoms. The van der Waals surface area contributed by atoms with Gasteiger partial charge in [-0.15, -0.1) is 11.3 Å². The molecule has 0 aliphatic heterocycles. The Hall–Kier alpha value is -2.37. The van der Waals surface area contributed by atoms with E-state index in [1.807, 2.05) is 12.3 Å². The van der Waals surface area contributed by atoms with Crippen molar-refractivity contribution < 1.29 is 9.53 Å². The van der Waals surface area contributed by atoms with Gasteiger partial charge < -0.3 is 4.74 Å². The number of ether oxygens (including phenoxy) is 1. The van der Waals surface area contributed by atoms with Crippen LogP contribution in [0.2, 0.25) is 5.02 Å². The van der Waals surface area contributed by atoms with Gasteiger partial charge in [0.1, 0.15) is 5.75 Å². The predicted octanol–water partition coefficient (Wildman–Crippen LogP) is 5.71. The van der Waals surface area contributed by atoms with Gasteiger partial charge in [0, 0.05) is 16.0 Å². The molecule has 0 saturated carbocycles. The Bertz CT molecular complexity index is 975. The summed E-state index contributed by atoms with van der Waals surface area (Å²) >= 11 is 7.40. The molecule has 0 radical (unpaired) electrons. The van der Waals surface area contributed by atoms with E-state index in [0.29, 0.717) is 15.9 Å². The maximum atomic E-state index is 12.2. The first-order valence-electron chi connectivity index (χ1n) is 8.56. The number of rotatable bonds is 5. The first kappa shape index (κ1) is 19.4. The number of halogens is 1. The fraction of sp³-hybridized carbons (Fsp3) is 0.238. The Morgan fingerprint density at radius 1 is 1.11 bits per heavy atom. The Morgan fingerprint density at radius 2 is 1.81 bits per heavy atom. The number of anilines is 1. The van der Waals surface area contributed by atoms with E-state index < -0.39 is 0 Å². The van der Waals surface area contributed by atoms with Crippen molar-refractivity contribution in [2.75, 3.05) is 11.9 Å². The van der Waals surface area contributed by atoms with Crippen LogP contribution in [0.3, 0.4) is 0 Å². The van der Waals surface area contributed by atoms with Crippen LogP contribution in [0.1, 0.15) is 22.3 Å². The van der Waals surface area contributed by atoms with Gasteiger partial charge in [0.15, 0.2) is 11.7 Å². The summed E-state index contributed by atoms with van der Waals surface area (Å²) in [4.78, 5) is 16.7. The molecule has 1 amide bonds. The van der Waals surface area contributed by atoms with Crippen molar-refractivity contribution in [2.45, 2.75) is 27.7 Å². The number of thiazole rings is 1. The predicted molar refractivity (Wildman–Crippen MR) is 112 cm³/mol. The molecular weight excluding hydrogens is 380 g/mol. The van der Waals surface area contributed by atoms with Gasteiger partial charge in [0.25, 0.3) is 5.91 Å². The van der Waals surface area contributed by atoms with Crippen molar-refractivity contribution in [1.29, 1.82) is 0 Å². The fourth-order valence-electron chi connectivity index (χ4n) is 3.04. The molecule has 1 N–H and O–H groups in total. The molecule has 3 rings (SSSR count). The number of benzene rings is 2. The van der Waals surface area contributed by atoms with E-state index in [4.69, 9.17) is 16.3 Å². The quantitative estimate of drug-likeness (QED) is 0.596. The topological polar surface area (TPSA) is 51.2 Å². The number of hydrogen-bond donors (Lipinski definition) is 1. The molecule has 27 heavy (non-hydrogen) atoms. The summed E-state index contributed by atoms with van der Waals surface area (Å²) in [6, 6.07) is 9.58. The lowest BCUT2D eigenvalue weighted by Crippen LogP contribution is -2.20. The van der Waals surface area contributed by atoms with E-state index in [1.54, 1.807) is 18.2 Å². The fourth-order valence-corrected chi connectivity index (χ4v) is 3.88. The van der Waals surface area contributed by atoms with Crippen LogP contribution in [0, 0.1) is 27.7 Å². The second-order valence-electron chi connectivity index (χ2n) is 6.56. The Balaban J connectivity index is 1.65. The summed E-state index contributed by atoms with van der Waals surface area (Å²) in [5, 5.41) is 5.99. The third kappa shape index (κ3) is 4.67. The Labute approximate surface area is 168 Å². The SMILES string of the molecule is Cc1cc(C)c(-c2csc(NC(=O)COc3ccc(Cl)c(C)c3)n2)c(C)c1. The van der Waals surface area contributed by atoms with Crippen molar-refractivity contribution in [3.05, 3.63) is 63.0 Å². The molecule has 0 unspecified atom stereocenters. The van der Waals surface area contributed by atoms with Gasteiger partial charge in [0.05, 0.1) is 5.69 Å². The first-order valence-corrected chi connectivity index (χ1v) is 9.82. The van der Waals surface area contributed by atoms with Crippen molar-refractivity contribution in [3.8, 4) is 17.0 Å². The average Bonchev–Trinajstić information content (AvgIpc) is 3.03. The van der Waals surface area contributed by atoms with Crippen LogP contribution >= 0.6 is 22.9 Å². The largest absolute Gasteiger partial charge is 0.484 e. The van der Waals surface area contributed by atoms with Gasteiger partial charge in [-0.25, -0.2) is 4.98 Å². The highest BCUT2D eigenvalue weighted by atomic mass is 35.5. The number of carbonyl (C=O) groups excluding carboxylic acids is 1. The zero-order valence-electron chi connectivity index (χ0n) is 15.7. The highest BCUT2D eigenvalue weighted by Crippen LogP contribution is 2.31. The van der Waals surface area contributed by atoms with Gasteiger partial charge >= 0.3 is 0 Å². The average molecular weight is 401 g/mol. The normalized spacial score (nSPS) is 10.7. The molecule has 2 aromatic carbocycles. The van der Waals surface area contributed by atoms with Crippen LogP contribution in [0.15, 0.2) is 35.7 Å². The van der Waals surface area contributed by atoms with Crippen LogP contribution in [0.25, 0.3) is 11.3 Å². The molecule has 0 spiro atoms. The maximum absolute atomic E-state index is 12.2. The van der Waals surface area contributed by atoms with Gasteiger partial charge in [-0.3, -0.25) is 10.1 Å². The minimum absolute atomic E-state index is 0.0847. The molecule has 0 atom stereocenters. The highest BCUT2D eigenvalue weighted by Gasteiger charge is 2.13. The summed E-state index contributed by atoms with van der Waals surface area (Å²) in [6.07, 6.45) is 0. The first-order chi connectivity index (χ1) is 12.8. The van der Waals surface area contributed by atoms with Crippen molar-refractivity contribution in [2.24, 2.45) is 0 Å². The van der Waals surface area contributed by atoms with Crippen LogP contribution < -0.4 is 10.1 Å². The lowest BCUT2D eigenvalue weighted by molar-refractivity contribution is -0.118. The van der Waals surface area contributed by atoms with Gasteiger partial charge in [-0.1, -0.05) is 29.3 Å². The minimum Gasteiger partial charge on any atom is -0.484 e. The second-order valence-corrected chi connectivity index (χ2v) is 7.82. The molecule has 0 fully saturated rings. The number of aromatic nitrogens is 1. The maximum Gasteiger partial charge on any atom is 0.264 e. The summed E-state index contributed by atoms with van der Waals surface area (Å²) < 4.78 is 5.52. The van der Waals surface area contributed by atoms with E-state index in [1.165, 1.54) is 28.0 Å². The molecule has 1 heterocycles. The molecule has 0 bridgehead atoms. The van der Waals surface area contributed by atoms with Crippen molar-refractivity contribution >= 4 is 34.0 Å². The van der Waals surface area contributed by atoms with Crippen LogP contribution in [0.4, 0.5) is 5.13 Å². The minimum atomic E-state index is -0.249. The molecule has 0 aliphatic rings. The van der Waals surface area contributed by atoms with Crippen LogP contribution in [-0.4, -0.2) is 17.5 Å². The molecule has 4 nitrogen and oxygen atoms in total. The van der Waals surface area contributed by atoms with Crippen molar-refractivity contribution in [1.82, 2.24) is 4.98 Å². The number of aryl methyl sites for hydroxylation is 4. The lowest BCUT2D eigenvalue weighted by Gasteiger charge is -2.09. The Morgan fingerprint density at radius 3 is 2.48 bits per heavy atom. The smallest absolute Gasteiger partial charge is 0.264 e. The third-order valence-electron chi connectivity index (χ3n) is 4.18. The zero-order chi connectivity index (χ0) is 19.6. The third-order valence-corrected chi connectivity index (χ3v) is 5.36. The molecular formula is C21H21ClN2O2S. The summed E-state index contributed by atoms with van der Waals surface area (Å²) in [5.74, 6) is 0.360. The van der Waals surface area contributed by atoms with Gasteiger partial charge in [0.2, 0.25) is 0 Å². The van der Waals surface area contributed by atoms with Gasteiger partial charge in [-0.05, 0) is 62.6 Å². The Kier molecular flexibility index (Phi) is 5.82.